The zero-order valence-corrected chi connectivity index (χ0v) is 10.4. The van der Waals surface area contributed by atoms with Crippen molar-refractivity contribution in [3.63, 3.8) is 0 Å². The predicted molar refractivity (Wildman–Crippen MR) is 65.1 cm³/mol. The molecule has 0 unspecified atom stereocenters. The number of hydrogen-bond donors (Lipinski definition) is 0. The van der Waals surface area contributed by atoms with Gasteiger partial charge in [-0.25, -0.2) is 0 Å². The molecule has 0 aliphatic heterocycles. The molecule has 0 spiro atoms. The molecule has 1 aliphatic carbocycles. The van der Waals surface area contributed by atoms with Gasteiger partial charge in [-0.3, -0.25) is 9.59 Å². The third-order valence-corrected chi connectivity index (χ3v) is 2.89. The van der Waals surface area contributed by atoms with Crippen LogP contribution in [0.5, 0.6) is 0 Å². The van der Waals surface area contributed by atoms with E-state index in [1.165, 1.54) is 0 Å². The molecule has 2 heteroatoms. The first-order valence-electron chi connectivity index (χ1n) is 5.67. The highest BCUT2D eigenvalue weighted by atomic mass is 16.1. The molecule has 0 heterocycles. The molecule has 2 nitrogen and oxygen atoms in total. The maximum absolute atomic E-state index is 12.1. The van der Waals surface area contributed by atoms with Crippen molar-refractivity contribution in [2.45, 2.75) is 40.5 Å². The molecular weight excluding hydrogens is 200 g/mol. The SMILES string of the molecule is C/C=C\C1=C(C)C(=O)C(CCC)=C(C)C1=O. The molecule has 0 aromatic carbocycles. The van der Waals surface area contributed by atoms with E-state index in [1.807, 2.05) is 13.8 Å². The largest absolute Gasteiger partial charge is 0.289 e. The van der Waals surface area contributed by atoms with Gasteiger partial charge in [0, 0.05) is 22.3 Å². The Morgan fingerprint density at radius 2 is 1.69 bits per heavy atom. The van der Waals surface area contributed by atoms with Gasteiger partial charge in [0.15, 0.2) is 11.6 Å². The molecule has 0 aromatic heterocycles. The van der Waals surface area contributed by atoms with Gasteiger partial charge in [-0.2, -0.15) is 0 Å². The summed E-state index contributed by atoms with van der Waals surface area (Å²) in [6.07, 6.45) is 5.10. The van der Waals surface area contributed by atoms with E-state index in [1.54, 1.807) is 26.0 Å². The fraction of sp³-hybridized carbons (Fsp3) is 0.429. The van der Waals surface area contributed by atoms with Crippen molar-refractivity contribution in [1.82, 2.24) is 0 Å². The van der Waals surface area contributed by atoms with Crippen molar-refractivity contribution in [3.05, 3.63) is 34.4 Å². The van der Waals surface area contributed by atoms with E-state index in [4.69, 9.17) is 0 Å². The lowest BCUT2D eigenvalue weighted by molar-refractivity contribution is -0.116. The van der Waals surface area contributed by atoms with Gasteiger partial charge in [-0.05, 0) is 27.2 Å². The molecule has 0 aromatic rings. The molecule has 1 aliphatic rings. The summed E-state index contributed by atoms with van der Waals surface area (Å²) in [5.74, 6) is 0.0331. The van der Waals surface area contributed by atoms with E-state index in [0.29, 0.717) is 28.7 Å². The summed E-state index contributed by atoms with van der Waals surface area (Å²) in [5.41, 5.74) is 2.44. The van der Waals surface area contributed by atoms with E-state index < -0.39 is 0 Å². The van der Waals surface area contributed by atoms with Crippen LogP contribution in [0.15, 0.2) is 34.4 Å². The molecule has 0 saturated carbocycles. The second kappa shape index (κ2) is 5.06. The van der Waals surface area contributed by atoms with Crippen LogP contribution < -0.4 is 0 Å². The first-order chi connectivity index (χ1) is 7.54. The van der Waals surface area contributed by atoms with Crippen molar-refractivity contribution in [1.29, 1.82) is 0 Å². The van der Waals surface area contributed by atoms with Gasteiger partial charge < -0.3 is 0 Å². The zero-order valence-electron chi connectivity index (χ0n) is 10.4. The van der Waals surface area contributed by atoms with E-state index in [9.17, 15) is 9.59 Å². The summed E-state index contributed by atoms with van der Waals surface area (Å²) >= 11 is 0. The van der Waals surface area contributed by atoms with Crippen LogP contribution in [-0.2, 0) is 9.59 Å². The van der Waals surface area contributed by atoms with Gasteiger partial charge in [0.05, 0.1) is 0 Å². The smallest absolute Gasteiger partial charge is 0.189 e. The van der Waals surface area contributed by atoms with Crippen LogP contribution in [0.1, 0.15) is 40.5 Å². The lowest BCUT2D eigenvalue weighted by atomic mass is 9.83. The van der Waals surface area contributed by atoms with Gasteiger partial charge in [0.2, 0.25) is 0 Å². The fourth-order valence-corrected chi connectivity index (χ4v) is 1.95. The summed E-state index contributed by atoms with van der Waals surface area (Å²) < 4.78 is 0. The summed E-state index contributed by atoms with van der Waals surface area (Å²) in [6.45, 7) is 7.34. The topological polar surface area (TPSA) is 34.1 Å². The number of carbonyl (C=O) groups excluding carboxylic acids is 2. The average Bonchev–Trinajstić information content (AvgIpc) is 2.28. The summed E-state index contributed by atoms with van der Waals surface area (Å²) in [4.78, 5) is 24.1. The monoisotopic (exact) mass is 218 g/mol. The first-order valence-corrected chi connectivity index (χ1v) is 5.67. The minimum Gasteiger partial charge on any atom is -0.289 e. The Morgan fingerprint density at radius 3 is 2.19 bits per heavy atom. The molecule has 1 rings (SSSR count). The summed E-state index contributed by atoms with van der Waals surface area (Å²) in [5, 5.41) is 0. The third-order valence-electron chi connectivity index (χ3n) is 2.89. The predicted octanol–water partition coefficient (Wildman–Crippen LogP) is 3.15. The quantitative estimate of drug-likeness (QED) is 0.682. The minimum absolute atomic E-state index is 0.00125. The molecular formula is C14H18O2. The van der Waals surface area contributed by atoms with Crippen molar-refractivity contribution >= 4 is 11.6 Å². The first kappa shape index (κ1) is 12.6. The second-order valence-electron chi connectivity index (χ2n) is 4.05. The normalized spacial score (nSPS) is 18.0. The van der Waals surface area contributed by atoms with Crippen LogP contribution in [0.25, 0.3) is 0 Å². The molecule has 86 valence electrons. The molecule has 0 saturated heterocycles. The fourth-order valence-electron chi connectivity index (χ4n) is 1.95. The van der Waals surface area contributed by atoms with Crippen LogP contribution >= 0.6 is 0 Å². The van der Waals surface area contributed by atoms with Gasteiger partial charge in [0.1, 0.15) is 0 Å². The van der Waals surface area contributed by atoms with Crippen LogP contribution in [-0.4, -0.2) is 11.6 Å². The number of hydrogen-bond acceptors (Lipinski definition) is 2. The number of carbonyl (C=O) groups is 2. The van der Waals surface area contributed by atoms with Crippen molar-refractivity contribution in [2.75, 3.05) is 0 Å². The van der Waals surface area contributed by atoms with Crippen LogP contribution in [0, 0.1) is 0 Å². The molecule has 0 N–H and O–H groups in total. The Hall–Kier alpha value is -1.44. The highest BCUT2D eigenvalue weighted by Crippen LogP contribution is 2.27. The van der Waals surface area contributed by atoms with E-state index in [2.05, 4.69) is 0 Å². The minimum atomic E-state index is -0.00125. The number of allylic oxidation sites excluding steroid dienone is 6. The maximum atomic E-state index is 12.1. The highest BCUT2D eigenvalue weighted by molar-refractivity contribution is 6.25. The maximum Gasteiger partial charge on any atom is 0.189 e. The Labute approximate surface area is 96.7 Å². The van der Waals surface area contributed by atoms with Gasteiger partial charge in [-0.1, -0.05) is 25.5 Å². The lowest BCUT2D eigenvalue weighted by Gasteiger charge is -2.18. The Bertz CT molecular complexity index is 416. The van der Waals surface area contributed by atoms with Crippen LogP contribution in [0.4, 0.5) is 0 Å². The van der Waals surface area contributed by atoms with Crippen LogP contribution in [0.2, 0.25) is 0 Å². The Kier molecular flexibility index (Phi) is 3.99. The molecule has 16 heavy (non-hydrogen) atoms. The Morgan fingerprint density at radius 1 is 1.06 bits per heavy atom. The average molecular weight is 218 g/mol. The molecule has 0 bridgehead atoms. The van der Waals surface area contributed by atoms with Crippen LogP contribution in [0.3, 0.4) is 0 Å². The van der Waals surface area contributed by atoms with Gasteiger partial charge in [-0.15, -0.1) is 0 Å². The zero-order chi connectivity index (χ0) is 12.3. The Balaban J connectivity index is 3.25. The number of Topliss-reactive ketones (excluding diaryl/α,β-unsaturated/α-hetero) is 2. The molecule has 0 fully saturated rings. The summed E-state index contributed by atoms with van der Waals surface area (Å²) in [6, 6.07) is 0. The van der Waals surface area contributed by atoms with Crippen molar-refractivity contribution in [2.24, 2.45) is 0 Å². The van der Waals surface area contributed by atoms with E-state index >= 15 is 0 Å². The lowest BCUT2D eigenvalue weighted by Crippen LogP contribution is -2.21. The highest BCUT2D eigenvalue weighted by Gasteiger charge is 2.27. The van der Waals surface area contributed by atoms with Crippen molar-refractivity contribution < 1.29 is 9.59 Å². The third kappa shape index (κ3) is 2.06. The standard InChI is InChI=1S/C14H18O2/c1-5-7-11-9(3)14(16)12(8-6-2)10(4)13(11)15/h5,7H,6,8H2,1-4H3/b7-5-. The van der Waals surface area contributed by atoms with Gasteiger partial charge in [0.25, 0.3) is 0 Å². The second-order valence-corrected chi connectivity index (χ2v) is 4.05. The summed E-state index contributed by atoms with van der Waals surface area (Å²) in [7, 11) is 0. The number of ketones is 2. The van der Waals surface area contributed by atoms with E-state index in [-0.39, 0.29) is 11.6 Å². The van der Waals surface area contributed by atoms with Crippen molar-refractivity contribution in [3.8, 4) is 0 Å². The van der Waals surface area contributed by atoms with E-state index in [0.717, 1.165) is 6.42 Å². The van der Waals surface area contributed by atoms with Gasteiger partial charge >= 0.3 is 0 Å². The molecule has 0 radical (unpaired) electrons. The molecule has 0 atom stereocenters. The molecule has 0 amide bonds. The number of rotatable bonds is 3.